The van der Waals surface area contributed by atoms with Crippen LogP contribution < -0.4 is 19.5 Å². The minimum atomic E-state index is -0.154. The molecule has 6 nitrogen and oxygen atoms in total. The van der Waals surface area contributed by atoms with Gasteiger partial charge in [-0.3, -0.25) is 4.79 Å². The largest absolute Gasteiger partial charge is 0.493 e. The molecule has 2 N–H and O–H groups in total. The Labute approximate surface area is 177 Å². The molecule has 1 atom stereocenters. The monoisotopic (exact) mass is 458 g/mol. The van der Waals surface area contributed by atoms with E-state index < -0.39 is 0 Å². The molecule has 0 fully saturated rings. The summed E-state index contributed by atoms with van der Waals surface area (Å²) in [5, 5.41) is 4.38. The topological polar surface area (TPSA) is 72.6 Å². The summed E-state index contributed by atoms with van der Waals surface area (Å²) in [6.45, 7) is 0. The van der Waals surface area contributed by atoms with Gasteiger partial charge in [-0.1, -0.05) is 15.9 Å². The Hall–Kier alpha value is -2.67. The number of amides is 1. The van der Waals surface area contributed by atoms with E-state index in [1.807, 2.05) is 6.07 Å². The predicted octanol–water partition coefficient (Wildman–Crippen LogP) is 4.24. The molecule has 3 aromatic rings. The van der Waals surface area contributed by atoms with E-state index in [9.17, 15) is 4.79 Å². The Kier molecular flexibility index (Phi) is 5.41. The number of methoxy groups -OCH3 is 3. The number of aromatic nitrogens is 1. The summed E-state index contributed by atoms with van der Waals surface area (Å²) in [4.78, 5) is 16.4. The van der Waals surface area contributed by atoms with E-state index in [1.54, 1.807) is 19.2 Å². The van der Waals surface area contributed by atoms with Gasteiger partial charge in [-0.15, -0.1) is 0 Å². The van der Waals surface area contributed by atoms with Crippen molar-refractivity contribution in [3.05, 3.63) is 51.6 Å². The summed E-state index contributed by atoms with van der Waals surface area (Å²) in [6, 6.07) is 9.66. The van der Waals surface area contributed by atoms with E-state index in [0.717, 1.165) is 29.3 Å². The van der Waals surface area contributed by atoms with E-state index in [4.69, 9.17) is 14.2 Å². The molecule has 0 aliphatic heterocycles. The molecule has 4 rings (SSSR count). The quantitative estimate of drug-likeness (QED) is 0.599. The molecular weight excluding hydrogens is 436 g/mol. The third-order valence-corrected chi connectivity index (χ3v) is 5.91. The van der Waals surface area contributed by atoms with E-state index in [0.29, 0.717) is 22.8 Å². The zero-order valence-corrected chi connectivity index (χ0v) is 18.2. The van der Waals surface area contributed by atoms with Crippen LogP contribution in [0.1, 0.15) is 28.0 Å². The lowest BCUT2D eigenvalue weighted by atomic mass is 9.91. The van der Waals surface area contributed by atoms with Crippen molar-refractivity contribution in [2.24, 2.45) is 0 Å². The Morgan fingerprint density at radius 2 is 1.83 bits per heavy atom. The highest BCUT2D eigenvalue weighted by Crippen LogP contribution is 2.38. The standard InChI is InChI=1S/C22H23BrN2O4/c1-27-19-8-12(9-20(28-2)21(19)29-3)22(26)24-14-5-7-18-16(11-14)15-10-13(23)4-6-17(15)25-18/h4,6,8-10,14,25H,5,7,11H2,1-3H3,(H,24,26)/t14-/m1/s1. The molecule has 0 saturated heterocycles. The lowest BCUT2D eigenvalue weighted by Gasteiger charge is -2.24. The first kappa shape index (κ1) is 19.6. The molecular formula is C22H23BrN2O4. The lowest BCUT2D eigenvalue weighted by Crippen LogP contribution is -2.38. The van der Waals surface area contributed by atoms with Crippen LogP contribution in [0, 0.1) is 0 Å². The number of fused-ring (bicyclic) bond motifs is 3. The molecule has 1 aliphatic carbocycles. The van der Waals surface area contributed by atoms with Crippen molar-refractivity contribution in [1.29, 1.82) is 0 Å². The molecule has 0 spiro atoms. The number of hydrogen-bond acceptors (Lipinski definition) is 4. The maximum atomic E-state index is 12.9. The lowest BCUT2D eigenvalue weighted by molar-refractivity contribution is 0.0933. The van der Waals surface area contributed by atoms with Gasteiger partial charge in [-0.2, -0.15) is 0 Å². The zero-order chi connectivity index (χ0) is 20.5. The summed E-state index contributed by atoms with van der Waals surface area (Å²) >= 11 is 3.55. The Bertz CT molecular complexity index is 1050. The molecule has 0 saturated carbocycles. The fourth-order valence-electron chi connectivity index (χ4n) is 3.99. The molecule has 1 heterocycles. The highest BCUT2D eigenvalue weighted by molar-refractivity contribution is 9.10. The van der Waals surface area contributed by atoms with Crippen LogP contribution in [0.4, 0.5) is 0 Å². The van der Waals surface area contributed by atoms with Crippen LogP contribution in [0.15, 0.2) is 34.8 Å². The number of hydrogen-bond donors (Lipinski definition) is 2. The van der Waals surface area contributed by atoms with Gasteiger partial charge in [0.2, 0.25) is 5.75 Å². The fourth-order valence-corrected chi connectivity index (χ4v) is 4.35. The van der Waals surface area contributed by atoms with Gasteiger partial charge in [0.1, 0.15) is 0 Å². The van der Waals surface area contributed by atoms with Gasteiger partial charge in [0.15, 0.2) is 11.5 Å². The SMILES string of the molecule is COc1cc(C(=O)N[C@@H]2CCc3[nH]c4ccc(Br)cc4c3C2)cc(OC)c1OC. The third kappa shape index (κ3) is 3.67. The van der Waals surface area contributed by atoms with E-state index >= 15 is 0 Å². The number of halogens is 1. The number of nitrogens with one attached hydrogen (secondary N) is 2. The van der Waals surface area contributed by atoms with Gasteiger partial charge >= 0.3 is 0 Å². The average Bonchev–Trinajstić information content (AvgIpc) is 3.09. The molecule has 29 heavy (non-hydrogen) atoms. The van der Waals surface area contributed by atoms with Crippen LogP contribution in [0.2, 0.25) is 0 Å². The van der Waals surface area contributed by atoms with Gasteiger partial charge in [-0.05, 0) is 55.2 Å². The molecule has 7 heteroatoms. The van der Waals surface area contributed by atoms with Crippen LogP contribution in [-0.2, 0) is 12.8 Å². The maximum Gasteiger partial charge on any atom is 0.251 e. The highest BCUT2D eigenvalue weighted by atomic mass is 79.9. The number of benzene rings is 2. The van der Waals surface area contributed by atoms with Gasteiger partial charge in [0, 0.05) is 32.7 Å². The Morgan fingerprint density at radius 1 is 1.10 bits per heavy atom. The number of ether oxygens (including phenoxy) is 3. The fraction of sp³-hybridized carbons (Fsp3) is 0.318. The van der Waals surface area contributed by atoms with Crippen LogP contribution in [-0.4, -0.2) is 38.3 Å². The van der Waals surface area contributed by atoms with Crippen molar-refractivity contribution in [1.82, 2.24) is 10.3 Å². The van der Waals surface area contributed by atoms with Crippen molar-refractivity contribution in [3.63, 3.8) is 0 Å². The second-order valence-electron chi connectivity index (χ2n) is 7.10. The molecule has 0 unspecified atom stereocenters. The second-order valence-corrected chi connectivity index (χ2v) is 8.01. The minimum absolute atomic E-state index is 0.0621. The summed E-state index contributed by atoms with van der Waals surface area (Å²) in [5.74, 6) is 1.24. The third-order valence-electron chi connectivity index (χ3n) is 5.41. The number of carbonyl (C=O) groups is 1. The van der Waals surface area contributed by atoms with Crippen LogP contribution in [0.3, 0.4) is 0 Å². The van der Waals surface area contributed by atoms with E-state index in [1.165, 1.54) is 30.9 Å². The number of aryl methyl sites for hydroxylation is 1. The highest BCUT2D eigenvalue weighted by Gasteiger charge is 2.25. The number of rotatable bonds is 5. The smallest absolute Gasteiger partial charge is 0.251 e. The van der Waals surface area contributed by atoms with Crippen molar-refractivity contribution in [2.45, 2.75) is 25.3 Å². The van der Waals surface area contributed by atoms with Gasteiger partial charge < -0.3 is 24.5 Å². The van der Waals surface area contributed by atoms with Crippen molar-refractivity contribution in [3.8, 4) is 17.2 Å². The maximum absolute atomic E-state index is 12.9. The molecule has 1 aliphatic rings. The second kappa shape index (κ2) is 7.99. The van der Waals surface area contributed by atoms with Crippen LogP contribution in [0.5, 0.6) is 17.2 Å². The van der Waals surface area contributed by atoms with E-state index in [2.05, 4.69) is 38.4 Å². The van der Waals surface area contributed by atoms with E-state index in [-0.39, 0.29) is 11.9 Å². The molecule has 1 amide bonds. The predicted molar refractivity (Wildman–Crippen MR) is 115 cm³/mol. The number of H-pyrrole nitrogens is 1. The van der Waals surface area contributed by atoms with Gasteiger partial charge in [0.05, 0.1) is 21.3 Å². The van der Waals surface area contributed by atoms with Crippen LogP contribution >= 0.6 is 15.9 Å². The van der Waals surface area contributed by atoms with Crippen molar-refractivity contribution in [2.75, 3.05) is 21.3 Å². The summed E-state index contributed by atoms with van der Waals surface area (Å²) < 4.78 is 17.1. The first-order valence-electron chi connectivity index (χ1n) is 9.44. The average molecular weight is 459 g/mol. The van der Waals surface area contributed by atoms with Gasteiger partial charge in [0.25, 0.3) is 5.91 Å². The van der Waals surface area contributed by atoms with Gasteiger partial charge in [-0.25, -0.2) is 0 Å². The molecule has 0 radical (unpaired) electrons. The summed E-state index contributed by atoms with van der Waals surface area (Å²) in [7, 11) is 4.62. The molecule has 2 aromatic carbocycles. The number of carbonyl (C=O) groups excluding carboxylic acids is 1. The number of aromatic amines is 1. The van der Waals surface area contributed by atoms with Crippen LogP contribution in [0.25, 0.3) is 10.9 Å². The molecule has 0 bridgehead atoms. The first-order valence-corrected chi connectivity index (χ1v) is 10.2. The summed E-state index contributed by atoms with van der Waals surface area (Å²) in [6.07, 6.45) is 2.58. The van der Waals surface area contributed by atoms with Crippen molar-refractivity contribution < 1.29 is 19.0 Å². The molecule has 152 valence electrons. The normalized spacial score (nSPS) is 15.7. The Balaban J connectivity index is 1.57. The first-order chi connectivity index (χ1) is 14.0. The summed E-state index contributed by atoms with van der Waals surface area (Å²) in [5.41, 5.74) is 4.15. The minimum Gasteiger partial charge on any atom is -0.493 e. The molecule has 1 aromatic heterocycles. The Morgan fingerprint density at radius 3 is 2.48 bits per heavy atom. The zero-order valence-electron chi connectivity index (χ0n) is 16.6. The van der Waals surface area contributed by atoms with Crippen molar-refractivity contribution >= 4 is 32.7 Å².